The van der Waals surface area contributed by atoms with Gasteiger partial charge in [-0.2, -0.15) is 0 Å². The number of ether oxygens (including phenoxy) is 5. The van der Waals surface area contributed by atoms with Gasteiger partial charge in [-0.3, -0.25) is 0 Å². The number of cyclic esters (lactones) is 1. The zero-order valence-electron chi connectivity index (χ0n) is 22.8. The van der Waals surface area contributed by atoms with E-state index in [2.05, 4.69) is 0 Å². The summed E-state index contributed by atoms with van der Waals surface area (Å²) in [7, 11) is 0. The molecule has 0 amide bonds. The minimum Gasteiger partial charge on any atom is -0.463 e. The summed E-state index contributed by atoms with van der Waals surface area (Å²) < 4.78 is 30.3. The standard InChI is InChI=1S/C29H40O10/c1-17-9-11-35-20(18(2)31)6-4-5-7-24(32)39-21-13-23-29(16-37-29)27(21,3)28(15-36-26(34)25(17)33)10-8-19(14-30)12-22(28)38-23/h4-7,12,17-18,20-23,25,30-31,33H,8-11,13-16H2,1-3H3/b6-4+,7-5-. The Morgan fingerprint density at radius 3 is 2.64 bits per heavy atom. The minimum atomic E-state index is -1.37. The monoisotopic (exact) mass is 548 g/mol. The summed E-state index contributed by atoms with van der Waals surface area (Å²) in [4.78, 5) is 26.1. The summed E-state index contributed by atoms with van der Waals surface area (Å²) in [6.45, 7) is 5.87. The van der Waals surface area contributed by atoms with Crippen LogP contribution < -0.4 is 0 Å². The number of aliphatic hydroxyl groups is 3. The van der Waals surface area contributed by atoms with Gasteiger partial charge in [0, 0.05) is 24.5 Å². The van der Waals surface area contributed by atoms with Crippen LogP contribution in [0, 0.1) is 16.7 Å². The summed E-state index contributed by atoms with van der Waals surface area (Å²) in [5.41, 5.74) is -1.39. The summed E-state index contributed by atoms with van der Waals surface area (Å²) in [5, 5.41) is 30.7. The maximum atomic E-state index is 13.1. The van der Waals surface area contributed by atoms with Crippen LogP contribution in [0.2, 0.25) is 0 Å². The quantitative estimate of drug-likeness (QED) is 0.263. The van der Waals surface area contributed by atoms with Crippen molar-refractivity contribution in [1.29, 1.82) is 0 Å². The van der Waals surface area contributed by atoms with Crippen molar-refractivity contribution in [2.75, 3.05) is 26.4 Å². The molecule has 10 atom stereocenters. The predicted molar refractivity (Wildman–Crippen MR) is 137 cm³/mol. The van der Waals surface area contributed by atoms with Gasteiger partial charge in [0.05, 0.1) is 36.9 Å². The Balaban J connectivity index is 1.51. The Morgan fingerprint density at radius 1 is 1.18 bits per heavy atom. The van der Waals surface area contributed by atoms with E-state index in [1.165, 1.54) is 6.08 Å². The fourth-order valence-corrected chi connectivity index (χ4v) is 7.09. The largest absolute Gasteiger partial charge is 0.463 e. The second-order valence-electron chi connectivity index (χ2n) is 11.9. The zero-order chi connectivity index (χ0) is 28.0. The van der Waals surface area contributed by atoms with Gasteiger partial charge in [-0.25, -0.2) is 9.59 Å². The van der Waals surface area contributed by atoms with Crippen molar-refractivity contribution in [2.24, 2.45) is 16.7 Å². The van der Waals surface area contributed by atoms with Crippen molar-refractivity contribution < 1.29 is 48.6 Å². The van der Waals surface area contributed by atoms with Gasteiger partial charge in [0.2, 0.25) is 0 Å². The molecule has 3 heterocycles. The van der Waals surface area contributed by atoms with Crippen LogP contribution in [0.5, 0.6) is 0 Å². The molecule has 3 aliphatic heterocycles. The SMILES string of the molecule is CC(O)C1/C=C/C=C\C(=O)OC2CC3OC4C=C(CO)CCC4(COC(=O)C(O)C(C)CCO1)C2(C)C31CO1. The number of esters is 2. The molecule has 10 nitrogen and oxygen atoms in total. The van der Waals surface area contributed by atoms with Gasteiger partial charge in [0.1, 0.15) is 24.4 Å². The molecule has 2 bridgehead atoms. The van der Waals surface area contributed by atoms with Crippen LogP contribution in [-0.4, -0.2) is 95.9 Å². The summed E-state index contributed by atoms with van der Waals surface area (Å²) in [5.74, 6) is -1.72. The van der Waals surface area contributed by atoms with Crippen LogP contribution in [-0.2, 0) is 33.3 Å². The summed E-state index contributed by atoms with van der Waals surface area (Å²) in [6, 6.07) is 0. The van der Waals surface area contributed by atoms with Crippen LogP contribution in [0.25, 0.3) is 0 Å². The molecule has 0 aromatic heterocycles. The van der Waals surface area contributed by atoms with Crippen molar-refractivity contribution in [1.82, 2.24) is 0 Å². The van der Waals surface area contributed by atoms with Gasteiger partial charge >= 0.3 is 11.9 Å². The maximum absolute atomic E-state index is 13.1. The van der Waals surface area contributed by atoms with Crippen LogP contribution in [0.3, 0.4) is 0 Å². The highest BCUT2D eigenvalue weighted by Gasteiger charge is 2.83. The van der Waals surface area contributed by atoms with Gasteiger partial charge < -0.3 is 39.0 Å². The molecule has 3 N–H and O–H groups in total. The van der Waals surface area contributed by atoms with E-state index in [-0.39, 0.29) is 25.9 Å². The highest BCUT2D eigenvalue weighted by Crippen LogP contribution is 2.72. The van der Waals surface area contributed by atoms with E-state index in [1.807, 2.05) is 13.0 Å². The molecule has 1 saturated carbocycles. The zero-order valence-corrected chi connectivity index (χ0v) is 22.8. The Bertz CT molecular complexity index is 1040. The lowest BCUT2D eigenvalue weighted by atomic mass is 9.51. The Kier molecular flexibility index (Phi) is 7.82. The van der Waals surface area contributed by atoms with Gasteiger partial charge in [0.15, 0.2) is 6.10 Å². The van der Waals surface area contributed by atoms with Crippen LogP contribution >= 0.6 is 0 Å². The third-order valence-electron chi connectivity index (χ3n) is 9.81. The molecule has 0 radical (unpaired) electrons. The molecule has 2 aliphatic carbocycles. The lowest BCUT2D eigenvalue weighted by Crippen LogP contribution is -2.67. The Hall–Kier alpha value is -2.08. The molecule has 5 rings (SSSR count). The fourth-order valence-electron chi connectivity index (χ4n) is 7.09. The van der Waals surface area contributed by atoms with E-state index in [1.54, 1.807) is 32.1 Å². The average Bonchev–Trinajstić information content (AvgIpc) is 3.69. The summed E-state index contributed by atoms with van der Waals surface area (Å²) in [6.07, 6.45) is 5.77. The molecule has 216 valence electrons. The lowest BCUT2D eigenvalue weighted by molar-refractivity contribution is -0.235. The number of aliphatic hydroxyl groups excluding tert-OH is 3. The van der Waals surface area contributed by atoms with Gasteiger partial charge in [-0.1, -0.05) is 38.2 Å². The maximum Gasteiger partial charge on any atom is 0.335 e. The van der Waals surface area contributed by atoms with Crippen molar-refractivity contribution in [3.05, 3.63) is 36.0 Å². The molecule has 0 aromatic carbocycles. The molecule has 0 aromatic rings. The third-order valence-corrected chi connectivity index (χ3v) is 9.81. The van der Waals surface area contributed by atoms with Crippen molar-refractivity contribution in [3.63, 3.8) is 0 Å². The lowest BCUT2D eigenvalue weighted by Gasteiger charge is -2.58. The van der Waals surface area contributed by atoms with Gasteiger partial charge in [-0.15, -0.1) is 0 Å². The van der Waals surface area contributed by atoms with E-state index < -0.39 is 64.8 Å². The first kappa shape index (κ1) is 28.4. The molecule has 2 spiro atoms. The number of allylic oxidation sites excluding steroid dienone is 2. The number of carbonyl (C=O) groups is 2. The smallest absolute Gasteiger partial charge is 0.335 e. The molecule has 39 heavy (non-hydrogen) atoms. The number of epoxide rings is 1. The molecular formula is C29H40O10. The third kappa shape index (κ3) is 4.69. The van der Waals surface area contributed by atoms with E-state index in [0.717, 1.165) is 5.57 Å². The molecule has 5 aliphatic rings. The first-order valence-corrected chi connectivity index (χ1v) is 13.9. The second-order valence-corrected chi connectivity index (χ2v) is 11.9. The van der Waals surface area contributed by atoms with Crippen molar-refractivity contribution in [3.8, 4) is 0 Å². The Labute approximate surface area is 228 Å². The fraction of sp³-hybridized carbons (Fsp3) is 0.724. The number of hydrogen-bond donors (Lipinski definition) is 3. The predicted octanol–water partition coefficient (Wildman–Crippen LogP) is 1.37. The first-order valence-electron chi connectivity index (χ1n) is 13.9. The van der Waals surface area contributed by atoms with E-state index in [9.17, 15) is 24.9 Å². The van der Waals surface area contributed by atoms with Gasteiger partial charge in [0.25, 0.3) is 0 Å². The van der Waals surface area contributed by atoms with E-state index in [4.69, 9.17) is 23.7 Å². The molecule has 2 saturated heterocycles. The van der Waals surface area contributed by atoms with E-state index in [0.29, 0.717) is 32.3 Å². The number of rotatable bonds is 2. The van der Waals surface area contributed by atoms with Crippen LogP contribution in [0.15, 0.2) is 36.0 Å². The molecule has 10 heteroatoms. The van der Waals surface area contributed by atoms with Gasteiger partial charge in [-0.05, 0) is 37.7 Å². The Morgan fingerprint density at radius 2 is 1.95 bits per heavy atom. The molecular weight excluding hydrogens is 508 g/mol. The first-order chi connectivity index (χ1) is 18.6. The minimum absolute atomic E-state index is 0.0585. The number of carbonyl (C=O) groups excluding carboxylic acids is 2. The number of hydrogen-bond acceptors (Lipinski definition) is 10. The second kappa shape index (κ2) is 10.7. The molecule has 3 fully saturated rings. The van der Waals surface area contributed by atoms with Crippen molar-refractivity contribution >= 4 is 11.9 Å². The van der Waals surface area contributed by atoms with Crippen LogP contribution in [0.1, 0.15) is 46.5 Å². The van der Waals surface area contributed by atoms with Crippen molar-refractivity contribution in [2.45, 2.75) is 88.7 Å². The molecule has 10 unspecified atom stereocenters. The highest BCUT2D eigenvalue weighted by molar-refractivity contribution is 5.82. The average molecular weight is 549 g/mol. The summed E-state index contributed by atoms with van der Waals surface area (Å²) >= 11 is 0. The van der Waals surface area contributed by atoms with E-state index >= 15 is 0 Å². The topological polar surface area (TPSA) is 144 Å². The highest BCUT2D eigenvalue weighted by atomic mass is 16.6. The van der Waals surface area contributed by atoms with Crippen LogP contribution in [0.4, 0.5) is 0 Å². The normalized spacial score (nSPS) is 47.1.